The molecule has 0 amide bonds. The van der Waals surface area contributed by atoms with E-state index in [1.54, 1.807) is 17.4 Å². The third-order valence-electron chi connectivity index (χ3n) is 6.05. The van der Waals surface area contributed by atoms with Crippen molar-refractivity contribution in [1.29, 1.82) is 0 Å². The zero-order chi connectivity index (χ0) is 21.1. The Morgan fingerprint density at radius 2 is 1.97 bits per heavy atom. The van der Waals surface area contributed by atoms with Crippen molar-refractivity contribution in [3.63, 3.8) is 0 Å². The van der Waals surface area contributed by atoms with Crippen LogP contribution in [0.4, 0.5) is 20.3 Å². The molecule has 1 aliphatic carbocycles. The van der Waals surface area contributed by atoms with Gasteiger partial charge in [0.15, 0.2) is 11.6 Å². The largest absolute Gasteiger partial charge is 0.325 e. The van der Waals surface area contributed by atoms with E-state index >= 15 is 4.39 Å². The Kier molecular flexibility index (Phi) is 3.97. The monoisotopic (exact) mass is 415 g/mol. The van der Waals surface area contributed by atoms with Crippen molar-refractivity contribution in [1.82, 2.24) is 19.6 Å². The first-order chi connectivity index (χ1) is 15.1. The fraction of sp³-hybridized carbons (Fsp3) is 0.292. The molecule has 1 fully saturated rings. The summed E-state index contributed by atoms with van der Waals surface area (Å²) in [5.74, 6) is 6.67. The molecule has 0 unspecified atom stereocenters. The molecule has 0 saturated heterocycles. The molecule has 7 heteroatoms. The van der Waals surface area contributed by atoms with Gasteiger partial charge in [0.05, 0.1) is 10.9 Å². The molecule has 2 aliphatic rings. The van der Waals surface area contributed by atoms with Crippen LogP contribution in [0.1, 0.15) is 36.2 Å². The van der Waals surface area contributed by atoms with Crippen LogP contribution in [-0.2, 0) is 6.42 Å². The number of halogens is 2. The van der Waals surface area contributed by atoms with E-state index in [2.05, 4.69) is 27.0 Å². The van der Waals surface area contributed by atoms with E-state index in [0.29, 0.717) is 35.4 Å². The molecule has 0 spiro atoms. The van der Waals surface area contributed by atoms with E-state index in [-0.39, 0.29) is 5.39 Å². The van der Waals surface area contributed by atoms with Gasteiger partial charge < -0.3 is 4.90 Å². The standard InChI is InChI=1S/C24H19F2N5/c1-14-28-29-24-27-23(21-20(31(14)24)12-11-18(25)22(21)26)30-13-3-5-17-16(4-2-6-19(17)30)10-9-15-7-8-15/h2,4,6,11-12,15H,3,5,7-8,13H2,1H3. The molecule has 0 bridgehead atoms. The van der Waals surface area contributed by atoms with Gasteiger partial charge in [0.1, 0.15) is 11.6 Å². The lowest BCUT2D eigenvalue weighted by Crippen LogP contribution is -2.26. The van der Waals surface area contributed by atoms with E-state index in [1.807, 2.05) is 23.1 Å². The minimum Gasteiger partial charge on any atom is -0.325 e. The van der Waals surface area contributed by atoms with E-state index in [9.17, 15) is 4.39 Å². The Morgan fingerprint density at radius 1 is 1.10 bits per heavy atom. The van der Waals surface area contributed by atoms with Crippen LogP contribution in [0.5, 0.6) is 0 Å². The first kappa shape index (κ1) is 18.3. The average molecular weight is 415 g/mol. The van der Waals surface area contributed by atoms with Crippen LogP contribution in [0.2, 0.25) is 0 Å². The third-order valence-corrected chi connectivity index (χ3v) is 6.05. The van der Waals surface area contributed by atoms with Crippen molar-refractivity contribution in [2.45, 2.75) is 32.6 Å². The lowest BCUT2D eigenvalue weighted by molar-refractivity contribution is 0.516. The number of hydrogen-bond acceptors (Lipinski definition) is 4. The van der Waals surface area contributed by atoms with Crippen molar-refractivity contribution in [2.24, 2.45) is 5.92 Å². The maximum absolute atomic E-state index is 15.1. The summed E-state index contributed by atoms with van der Waals surface area (Å²) in [6.07, 6.45) is 4.11. The van der Waals surface area contributed by atoms with Gasteiger partial charge in [-0.3, -0.25) is 4.40 Å². The lowest BCUT2D eigenvalue weighted by Gasteiger charge is -2.32. The van der Waals surface area contributed by atoms with Crippen LogP contribution >= 0.6 is 0 Å². The molecule has 3 heterocycles. The predicted molar refractivity (Wildman–Crippen MR) is 114 cm³/mol. The summed E-state index contributed by atoms with van der Waals surface area (Å²) in [6.45, 7) is 2.41. The highest BCUT2D eigenvalue weighted by Crippen LogP contribution is 2.39. The zero-order valence-electron chi connectivity index (χ0n) is 17.0. The average Bonchev–Trinajstić information content (AvgIpc) is 3.55. The second kappa shape index (κ2) is 6.74. The second-order valence-corrected chi connectivity index (χ2v) is 8.18. The van der Waals surface area contributed by atoms with Gasteiger partial charge in [-0.2, -0.15) is 4.98 Å². The molecule has 1 aliphatic heterocycles. The highest BCUT2D eigenvalue weighted by molar-refractivity contribution is 5.94. The molecule has 1 saturated carbocycles. The van der Waals surface area contributed by atoms with Gasteiger partial charge in [-0.1, -0.05) is 17.9 Å². The molecule has 0 N–H and O–H groups in total. The molecule has 5 nitrogen and oxygen atoms in total. The molecule has 31 heavy (non-hydrogen) atoms. The minimum atomic E-state index is -0.910. The quantitative estimate of drug-likeness (QED) is 0.423. The number of aryl methyl sites for hydroxylation is 1. The van der Waals surface area contributed by atoms with Gasteiger partial charge in [-0.15, -0.1) is 10.2 Å². The molecule has 2 aromatic carbocycles. The Balaban J connectivity index is 1.61. The van der Waals surface area contributed by atoms with Gasteiger partial charge in [-0.25, -0.2) is 8.78 Å². The maximum Gasteiger partial charge on any atom is 0.257 e. The summed E-state index contributed by atoms with van der Waals surface area (Å²) < 4.78 is 31.1. The van der Waals surface area contributed by atoms with Crippen LogP contribution in [0.15, 0.2) is 30.3 Å². The molecule has 6 rings (SSSR count). The van der Waals surface area contributed by atoms with Gasteiger partial charge in [-0.05, 0) is 62.4 Å². The van der Waals surface area contributed by atoms with Gasteiger partial charge in [0, 0.05) is 23.7 Å². The summed E-state index contributed by atoms with van der Waals surface area (Å²) in [7, 11) is 0. The van der Waals surface area contributed by atoms with Gasteiger partial charge in [0.25, 0.3) is 5.78 Å². The highest BCUT2D eigenvalue weighted by Gasteiger charge is 2.27. The molecular weight excluding hydrogens is 396 g/mol. The van der Waals surface area contributed by atoms with E-state index < -0.39 is 11.6 Å². The Hall–Kier alpha value is -3.53. The van der Waals surface area contributed by atoms with E-state index in [4.69, 9.17) is 0 Å². The fourth-order valence-electron chi connectivity index (χ4n) is 4.36. The second-order valence-electron chi connectivity index (χ2n) is 8.18. The smallest absolute Gasteiger partial charge is 0.257 e. The number of anilines is 2. The Morgan fingerprint density at radius 3 is 2.81 bits per heavy atom. The summed E-state index contributed by atoms with van der Waals surface area (Å²) in [5, 5.41) is 8.37. The number of rotatable bonds is 1. The third kappa shape index (κ3) is 2.86. The number of nitrogens with zero attached hydrogens (tertiary/aromatic N) is 5. The van der Waals surface area contributed by atoms with Crippen LogP contribution in [0, 0.1) is 36.3 Å². The molecule has 154 valence electrons. The minimum absolute atomic E-state index is 0.137. The normalized spacial score (nSPS) is 15.8. The summed E-state index contributed by atoms with van der Waals surface area (Å²) in [4.78, 5) is 6.60. The topological polar surface area (TPSA) is 46.3 Å². The Labute approximate surface area is 177 Å². The van der Waals surface area contributed by atoms with E-state index in [1.165, 1.54) is 12.8 Å². The maximum atomic E-state index is 15.1. The molecule has 0 atom stereocenters. The van der Waals surface area contributed by atoms with Crippen LogP contribution in [-0.4, -0.2) is 26.1 Å². The van der Waals surface area contributed by atoms with Gasteiger partial charge in [0.2, 0.25) is 0 Å². The first-order valence-electron chi connectivity index (χ1n) is 10.5. The first-order valence-corrected chi connectivity index (χ1v) is 10.5. The highest BCUT2D eigenvalue weighted by atomic mass is 19.2. The van der Waals surface area contributed by atoms with Crippen molar-refractivity contribution in [3.05, 3.63) is 58.9 Å². The summed E-state index contributed by atoms with van der Waals surface area (Å²) >= 11 is 0. The number of hydrogen-bond donors (Lipinski definition) is 0. The number of benzene rings is 2. The van der Waals surface area contributed by atoms with Crippen molar-refractivity contribution in [2.75, 3.05) is 11.4 Å². The van der Waals surface area contributed by atoms with Crippen molar-refractivity contribution in [3.8, 4) is 11.8 Å². The Bertz CT molecular complexity index is 1430. The lowest BCUT2D eigenvalue weighted by atomic mass is 9.96. The predicted octanol–water partition coefficient (Wildman–Crippen LogP) is 4.71. The van der Waals surface area contributed by atoms with E-state index in [0.717, 1.165) is 35.7 Å². The summed E-state index contributed by atoms with van der Waals surface area (Å²) in [5.41, 5.74) is 3.57. The molecule has 2 aromatic heterocycles. The fourth-order valence-corrected chi connectivity index (χ4v) is 4.36. The number of aromatic nitrogens is 4. The SMILES string of the molecule is Cc1nnc2nc(N3CCCc4c(C#CC5CC5)cccc43)c3c(F)c(F)ccc3n12. The van der Waals surface area contributed by atoms with Crippen LogP contribution < -0.4 is 4.90 Å². The zero-order valence-corrected chi connectivity index (χ0v) is 17.0. The molecule has 0 radical (unpaired) electrons. The van der Waals surface area contributed by atoms with Crippen molar-refractivity contribution >= 4 is 28.2 Å². The number of fused-ring (bicyclic) bond motifs is 4. The molecule has 4 aromatic rings. The molecular formula is C24H19F2N5. The van der Waals surface area contributed by atoms with Crippen LogP contribution in [0.3, 0.4) is 0 Å². The van der Waals surface area contributed by atoms with Gasteiger partial charge >= 0.3 is 0 Å². The van der Waals surface area contributed by atoms with Crippen LogP contribution in [0.25, 0.3) is 16.7 Å². The summed E-state index contributed by atoms with van der Waals surface area (Å²) in [6, 6.07) is 8.70. The van der Waals surface area contributed by atoms with Crippen molar-refractivity contribution < 1.29 is 8.78 Å².